The highest BCUT2D eigenvalue weighted by Crippen LogP contribution is 2.24. The van der Waals surface area contributed by atoms with Gasteiger partial charge in [-0.3, -0.25) is 14.4 Å². The first-order valence-corrected chi connectivity index (χ1v) is 8.26. The molecule has 7 heteroatoms. The van der Waals surface area contributed by atoms with Crippen LogP contribution in [-0.2, 0) is 9.59 Å². The number of nitrogens with two attached hydrogens (primary N) is 1. The molecule has 26 heavy (non-hydrogen) atoms. The van der Waals surface area contributed by atoms with Gasteiger partial charge in [-0.25, -0.2) is 0 Å². The molecule has 2 aromatic rings. The number of benzene rings is 2. The van der Waals surface area contributed by atoms with Crippen LogP contribution in [-0.4, -0.2) is 30.9 Å². The third-order valence-corrected chi connectivity index (χ3v) is 3.99. The number of carbonyl (C=O) groups excluding carboxylic acids is 3. The lowest BCUT2D eigenvalue weighted by Crippen LogP contribution is -2.23. The summed E-state index contributed by atoms with van der Waals surface area (Å²) in [6, 6.07) is 13.6. The van der Waals surface area contributed by atoms with Crippen LogP contribution < -0.4 is 20.7 Å². The lowest BCUT2D eigenvalue weighted by atomic mass is 10.2. The van der Waals surface area contributed by atoms with Crippen molar-refractivity contribution < 1.29 is 19.1 Å². The van der Waals surface area contributed by atoms with E-state index in [0.29, 0.717) is 30.0 Å². The smallest absolute Gasteiger partial charge is 0.255 e. The first-order chi connectivity index (χ1) is 12.5. The fourth-order valence-electron chi connectivity index (χ4n) is 2.73. The highest BCUT2D eigenvalue weighted by molar-refractivity contribution is 6.05. The fraction of sp³-hybridized carbons (Fsp3) is 0.211. The maximum absolute atomic E-state index is 12.4. The van der Waals surface area contributed by atoms with Crippen LogP contribution in [0.2, 0.25) is 0 Å². The summed E-state index contributed by atoms with van der Waals surface area (Å²) >= 11 is 0. The molecule has 1 fully saturated rings. The number of nitrogens with zero attached hydrogens (tertiary/aromatic N) is 1. The molecule has 2 aromatic carbocycles. The van der Waals surface area contributed by atoms with Crippen molar-refractivity contribution in [2.45, 2.75) is 12.8 Å². The Labute approximate surface area is 150 Å². The summed E-state index contributed by atoms with van der Waals surface area (Å²) in [6.45, 7) is 0.483. The van der Waals surface area contributed by atoms with Crippen LogP contribution >= 0.6 is 0 Å². The van der Waals surface area contributed by atoms with E-state index in [4.69, 9.17) is 10.5 Å². The Hall–Kier alpha value is -3.35. The third kappa shape index (κ3) is 4.18. The van der Waals surface area contributed by atoms with Gasteiger partial charge in [-0.2, -0.15) is 0 Å². The number of nitrogens with one attached hydrogen (secondary N) is 1. The van der Waals surface area contributed by atoms with E-state index in [-0.39, 0.29) is 18.4 Å². The number of amides is 3. The third-order valence-electron chi connectivity index (χ3n) is 3.99. The average Bonchev–Trinajstić information content (AvgIpc) is 3.06. The SMILES string of the molecule is NC(=O)COc1ccc(C(=O)Nc2cccc(N3CCCC3=O)c2)cc1. The van der Waals surface area contributed by atoms with Gasteiger partial charge in [0.15, 0.2) is 6.61 Å². The van der Waals surface area contributed by atoms with E-state index in [1.54, 1.807) is 47.4 Å². The zero-order chi connectivity index (χ0) is 18.5. The van der Waals surface area contributed by atoms with Crippen LogP contribution in [0, 0.1) is 0 Å². The Balaban J connectivity index is 1.66. The van der Waals surface area contributed by atoms with E-state index in [9.17, 15) is 14.4 Å². The maximum atomic E-state index is 12.4. The van der Waals surface area contributed by atoms with Gasteiger partial charge in [-0.15, -0.1) is 0 Å². The van der Waals surface area contributed by atoms with Gasteiger partial charge < -0.3 is 20.7 Å². The lowest BCUT2D eigenvalue weighted by Gasteiger charge is -2.16. The Bertz CT molecular complexity index is 833. The largest absolute Gasteiger partial charge is 0.484 e. The van der Waals surface area contributed by atoms with Gasteiger partial charge in [0, 0.05) is 29.9 Å². The standard InChI is InChI=1S/C19H19N3O4/c20-17(23)12-26-16-8-6-13(7-9-16)19(25)21-14-3-1-4-15(11-14)22-10-2-5-18(22)24/h1,3-4,6-9,11H,2,5,10,12H2,(H2,20,23)(H,21,25). The molecule has 1 heterocycles. The summed E-state index contributed by atoms with van der Waals surface area (Å²) in [5.74, 6) is -0.297. The number of hydrogen-bond donors (Lipinski definition) is 2. The zero-order valence-corrected chi connectivity index (χ0v) is 14.1. The minimum absolute atomic E-state index is 0.0972. The van der Waals surface area contributed by atoms with Crippen LogP contribution in [0.25, 0.3) is 0 Å². The lowest BCUT2D eigenvalue weighted by molar-refractivity contribution is -0.120. The molecule has 1 aliphatic heterocycles. The number of anilines is 2. The van der Waals surface area contributed by atoms with Gasteiger partial charge in [0.05, 0.1) is 0 Å². The fourth-order valence-corrected chi connectivity index (χ4v) is 2.73. The molecule has 1 aliphatic rings. The number of ether oxygens (including phenoxy) is 1. The van der Waals surface area contributed by atoms with Crippen LogP contribution in [0.1, 0.15) is 23.2 Å². The summed E-state index contributed by atoms with van der Waals surface area (Å²) in [5.41, 5.74) is 6.85. The van der Waals surface area contributed by atoms with Crippen molar-refractivity contribution in [1.29, 1.82) is 0 Å². The molecule has 7 nitrogen and oxygen atoms in total. The van der Waals surface area contributed by atoms with Crippen molar-refractivity contribution in [2.75, 3.05) is 23.4 Å². The first-order valence-electron chi connectivity index (χ1n) is 8.26. The minimum Gasteiger partial charge on any atom is -0.484 e. The minimum atomic E-state index is -0.566. The van der Waals surface area contributed by atoms with Gasteiger partial charge in [0.2, 0.25) is 5.91 Å². The quantitative estimate of drug-likeness (QED) is 0.828. The molecule has 0 saturated carbocycles. The highest BCUT2D eigenvalue weighted by Gasteiger charge is 2.21. The van der Waals surface area contributed by atoms with E-state index >= 15 is 0 Å². The predicted molar refractivity (Wildman–Crippen MR) is 97.1 cm³/mol. The molecule has 0 radical (unpaired) electrons. The van der Waals surface area contributed by atoms with Gasteiger partial charge in [0.1, 0.15) is 5.75 Å². The van der Waals surface area contributed by atoms with Gasteiger partial charge in [0.25, 0.3) is 11.8 Å². The van der Waals surface area contributed by atoms with Crippen molar-refractivity contribution >= 4 is 29.1 Å². The van der Waals surface area contributed by atoms with E-state index in [1.807, 2.05) is 6.07 Å². The maximum Gasteiger partial charge on any atom is 0.255 e. The molecular formula is C19H19N3O4. The predicted octanol–water partition coefficient (Wildman–Crippen LogP) is 1.93. The summed E-state index contributed by atoms with van der Waals surface area (Å²) in [7, 11) is 0. The van der Waals surface area contributed by atoms with Gasteiger partial charge in [-0.05, 0) is 48.9 Å². The Morgan fingerprint density at radius 2 is 1.92 bits per heavy atom. The second kappa shape index (κ2) is 7.69. The van der Waals surface area contributed by atoms with Crippen molar-refractivity contribution in [3.8, 4) is 5.75 Å². The van der Waals surface area contributed by atoms with Crippen LogP contribution in [0.4, 0.5) is 11.4 Å². The Morgan fingerprint density at radius 1 is 1.15 bits per heavy atom. The van der Waals surface area contributed by atoms with Crippen molar-refractivity contribution in [3.63, 3.8) is 0 Å². The number of rotatable bonds is 6. The topological polar surface area (TPSA) is 102 Å². The van der Waals surface area contributed by atoms with Crippen molar-refractivity contribution in [2.24, 2.45) is 5.73 Å². The van der Waals surface area contributed by atoms with Gasteiger partial charge >= 0.3 is 0 Å². The summed E-state index contributed by atoms with van der Waals surface area (Å²) < 4.78 is 5.16. The van der Waals surface area contributed by atoms with E-state index < -0.39 is 5.91 Å². The molecule has 0 aliphatic carbocycles. The molecule has 134 valence electrons. The summed E-state index contributed by atoms with van der Waals surface area (Å²) in [5, 5.41) is 2.81. The molecular weight excluding hydrogens is 334 g/mol. The van der Waals surface area contributed by atoms with Crippen LogP contribution in [0.3, 0.4) is 0 Å². The molecule has 0 unspecified atom stereocenters. The summed E-state index contributed by atoms with van der Waals surface area (Å²) in [6.07, 6.45) is 1.40. The van der Waals surface area contributed by atoms with E-state index in [1.165, 1.54) is 0 Å². The number of primary amides is 1. The van der Waals surface area contributed by atoms with E-state index in [2.05, 4.69) is 5.32 Å². The number of carbonyl (C=O) groups is 3. The second-order valence-electron chi connectivity index (χ2n) is 5.93. The normalized spacial score (nSPS) is 13.5. The zero-order valence-electron chi connectivity index (χ0n) is 14.1. The van der Waals surface area contributed by atoms with Crippen molar-refractivity contribution in [1.82, 2.24) is 0 Å². The average molecular weight is 353 g/mol. The van der Waals surface area contributed by atoms with Crippen LogP contribution in [0.15, 0.2) is 48.5 Å². The molecule has 0 spiro atoms. The molecule has 3 amide bonds. The number of hydrogen-bond acceptors (Lipinski definition) is 4. The highest BCUT2D eigenvalue weighted by atomic mass is 16.5. The molecule has 0 aromatic heterocycles. The molecule has 3 rings (SSSR count). The van der Waals surface area contributed by atoms with Crippen molar-refractivity contribution in [3.05, 3.63) is 54.1 Å². The first kappa shape index (κ1) is 17.5. The molecule has 0 atom stereocenters. The molecule has 3 N–H and O–H groups in total. The monoisotopic (exact) mass is 353 g/mol. The Kier molecular flexibility index (Phi) is 5.17. The van der Waals surface area contributed by atoms with Gasteiger partial charge in [-0.1, -0.05) is 6.07 Å². The Morgan fingerprint density at radius 3 is 2.58 bits per heavy atom. The summed E-state index contributed by atoms with van der Waals surface area (Å²) in [4.78, 5) is 36.7. The van der Waals surface area contributed by atoms with E-state index in [0.717, 1.165) is 12.1 Å². The molecule has 0 bridgehead atoms. The van der Waals surface area contributed by atoms with Crippen LogP contribution in [0.5, 0.6) is 5.75 Å². The molecule has 1 saturated heterocycles. The second-order valence-corrected chi connectivity index (χ2v) is 5.93.